The molecule has 0 aliphatic carbocycles. The highest BCUT2D eigenvalue weighted by molar-refractivity contribution is 6.34. The summed E-state index contributed by atoms with van der Waals surface area (Å²) in [6, 6.07) is 10.4. The number of benzene rings is 2. The van der Waals surface area contributed by atoms with Crippen LogP contribution < -0.4 is 10.2 Å². The average molecular weight is 336 g/mol. The van der Waals surface area contributed by atoms with Crippen LogP contribution in [0.3, 0.4) is 0 Å². The zero-order valence-corrected chi connectivity index (χ0v) is 14.3. The van der Waals surface area contributed by atoms with Gasteiger partial charge in [0.2, 0.25) is 0 Å². The van der Waals surface area contributed by atoms with Gasteiger partial charge in [-0.1, -0.05) is 35.9 Å². The van der Waals surface area contributed by atoms with Gasteiger partial charge in [0.1, 0.15) is 12.4 Å². The molecule has 1 unspecified atom stereocenters. The number of amides is 1. The molecule has 0 heterocycles. The van der Waals surface area contributed by atoms with Crippen molar-refractivity contribution in [3.8, 4) is 0 Å². The van der Waals surface area contributed by atoms with Crippen LogP contribution in [0.4, 0.5) is 10.1 Å². The van der Waals surface area contributed by atoms with E-state index in [-0.39, 0.29) is 18.3 Å². The fourth-order valence-corrected chi connectivity index (χ4v) is 2.93. The predicted molar refractivity (Wildman–Crippen MR) is 91.4 cm³/mol. The first kappa shape index (κ1) is 17.4. The third-order valence-electron chi connectivity index (χ3n) is 3.61. The van der Waals surface area contributed by atoms with Crippen LogP contribution in [0.1, 0.15) is 16.7 Å². The van der Waals surface area contributed by atoms with Crippen molar-refractivity contribution in [3.63, 3.8) is 0 Å². The number of aryl methyl sites for hydroxylation is 2. The van der Waals surface area contributed by atoms with E-state index in [1.54, 1.807) is 18.2 Å². The van der Waals surface area contributed by atoms with Gasteiger partial charge in [0.25, 0.3) is 5.91 Å². The smallest absolute Gasteiger partial charge is 0.279 e. The van der Waals surface area contributed by atoms with E-state index in [1.165, 1.54) is 6.07 Å². The van der Waals surface area contributed by atoms with E-state index in [1.807, 2.05) is 33.0 Å². The Morgan fingerprint density at radius 1 is 1.26 bits per heavy atom. The molecule has 0 aliphatic heterocycles. The predicted octanol–water partition coefficient (Wildman–Crippen LogP) is 2.75. The summed E-state index contributed by atoms with van der Waals surface area (Å²) in [6.07, 6.45) is 0. The van der Waals surface area contributed by atoms with Crippen molar-refractivity contribution in [2.24, 2.45) is 0 Å². The van der Waals surface area contributed by atoms with Crippen molar-refractivity contribution in [3.05, 3.63) is 63.9 Å². The van der Waals surface area contributed by atoms with E-state index in [2.05, 4.69) is 5.32 Å². The summed E-state index contributed by atoms with van der Waals surface area (Å²) in [5.74, 6) is -0.391. The molecule has 122 valence electrons. The molecule has 23 heavy (non-hydrogen) atoms. The van der Waals surface area contributed by atoms with Crippen LogP contribution in [-0.4, -0.2) is 19.5 Å². The van der Waals surface area contributed by atoms with Gasteiger partial charge >= 0.3 is 0 Å². The minimum Gasteiger partial charge on any atom is -0.326 e. The van der Waals surface area contributed by atoms with E-state index in [9.17, 15) is 9.18 Å². The molecule has 0 bridgehead atoms. The van der Waals surface area contributed by atoms with Gasteiger partial charge in [-0.15, -0.1) is 0 Å². The summed E-state index contributed by atoms with van der Waals surface area (Å²) in [5, 5.41) is 3.38. The number of halogens is 2. The molecule has 2 aromatic carbocycles. The van der Waals surface area contributed by atoms with Gasteiger partial charge < -0.3 is 10.2 Å². The van der Waals surface area contributed by atoms with Crippen molar-refractivity contribution in [1.82, 2.24) is 0 Å². The van der Waals surface area contributed by atoms with E-state index in [4.69, 9.17) is 11.6 Å². The normalized spacial score (nSPS) is 12.0. The summed E-state index contributed by atoms with van der Waals surface area (Å²) in [5.41, 5.74) is 3.21. The highest BCUT2D eigenvalue weighted by atomic mass is 35.5. The quantitative estimate of drug-likeness (QED) is 0.865. The Balaban J connectivity index is 1.98. The van der Waals surface area contributed by atoms with Gasteiger partial charge in [0, 0.05) is 5.56 Å². The second-order valence-electron chi connectivity index (χ2n) is 5.89. The molecule has 0 saturated heterocycles. The summed E-state index contributed by atoms with van der Waals surface area (Å²) < 4.78 is 13.6. The Labute approximate surface area is 141 Å². The first-order valence-corrected chi connectivity index (χ1v) is 7.86. The molecule has 1 amide bonds. The van der Waals surface area contributed by atoms with Crippen molar-refractivity contribution >= 4 is 23.2 Å². The molecule has 0 aromatic heterocycles. The number of hydrogen-bond donors (Lipinski definition) is 2. The topological polar surface area (TPSA) is 33.5 Å². The van der Waals surface area contributed by atoms with Crippen LogP contribution in [0.25, 0.3) is 0 Å². The molecule has 2 rings (SSSR count). The maximum Gasteiger partial charge on any atom is 0.279 e. The van der Waals surface area contributed by atoms with Gasteiger partial charge in [-0.3, -0.25) is 4.79 Å². The molecule has 0 spiro atoms. The van der Waals surface area contributed by atoms with Crippen molar-refractivity contribution in [2.75, 3.05) is 18.9 Å². The van der Waals surface area contributed by atoms with Crippen LogP contribution in [0.2, 0.25) is 5.02 Å². The molecule has 0 radical (unpaired) electrons. The molecule has 1 atom stereocenters. The highest BCUT2D eigenvalue weighted by Gasteiger charge is 2.15. The maximum atomic E-state index is 13.6. The lowest BCUT2D eigenvalue weighted by Crippen LogP contribution is -3.08. The van der Waals surface area contributed by atoms with Crippen molar-refractivity contribution in [2.45, 2.75) is 20.4 Å². The lowest BCUT2D eigenvalue weighted by molar-refractivity contribution is -0.885. The lowest BCUT2D eigenvalue weighted by atomic mass is 10.1. The van der Waals surface area contributed by atoms with Crippen molar-refractivity contribution < 1.29 is 14.1 Å². The first-order valence-electron chi connectivity index (χ1n) is 7.48. The van der Waals surface area contributed by atoms with E-state index >= 15 is 0 Å². The number of anilines is 1. The molecule has 5 heteroatoms. The Morgan fingerprint density at radius 3 is 2.61 bits per heavy atom. The molecule has 2 N–H and O–H groups in total. The van der Waals surface area contributed by atoms with Crippen LogP contribution >= 0.6 is 11.6 Å². The van der Waals surface area contributed by atoms with Gasteiger partial charge in [0.15, 0.2) is 6.54 Å². The summed E-state index contributed by atoms with van der Waals surface area (Å²) in [4.78, 5) is 13.1. The van der Waals surface area contributed by atoms with Gasteiger partial charge in [-0.25, -0.2) is 4.39 Å². The fourth-order valence-electron chi connectivity index (χ4n) is 2.56. The van der Waals surface area contributed by atoms with Crippen molar-refractivity contribution in [1.29, 1.82) is 0 Å². The van der Waals surface area contributed by atoms with Gasteiger partial charge in [0.05, 0.1) is 17.8 Å². The van der Waals surface area contributed by atoms with E-state index in [0.717, 1.165) is 16.0 Å². The van der Waals surface area contributed by atoms with Crippen LogP contribution in [0.5, 0.6) is 0 Å². The SMILES string of the molecule is Cc1cc(C)c(NC(=O)C[NH+](C)Cc2ccccc2F)c(Cl)c1. The van der Waals surface area contributed by atoms with Crippen LogP contribution in [0.15, 0.2) is 36.4 Å². The Kier molecular flexibility index (Phi) is 5.74. The largest absolute Gasteiger partial charge is 0.326 e. The molecule has 3 nitrogen and oxygen atoms in total. The molecular weight excluding hydrogens is 315 g/mol. The van der Waals surface area contributed by atoms with E-state index < -0.39 is 0 Å². The monoisotopic (exact) mass is 335 g/mol. The van der Waals surface area contributed by atoms with Gasteiger partial charge in [-0.05, 0) is 37.1 Å². The number of quaternary nitrogens is 1. The summed E-state index contributed by atoms with van der Waals surface area (Å²) in [6.45, 7) is 4.54. The number of nitrogens with one attached hydrogen (secondary N) is 2. The lowest BCUT2D eigenvalue weighted by Gasteiger charge is -2.16. The third-order valence-corrected chi connectivity index (χ3v) is 3.91. The number of rotatable bonds is 5. The van der Waals surface area contributed by atoms with Crippen LogP contribution in [-0.2, 0) is 11.3 Å². The fraction of sp³-hybridized carbons (Fsp3) is 0.278. The average Bonchev–Trinajstić information content (AvgIpc) is 2.45. The zero-order chi connectivity index (χ0) is 17.0. The number of hydrogen-bond acceptors (Lipinski definition) is 1. The highest BCUT2D eigenvalue weighted by Crippen LogP contribution is 2.27. The zero-order valence-electron chi connectivity index (χ0n) is 13.5. The first-order chi connectivity index (χ1) is 10.9. The number of carbonyl (C=O) groups excluding carboxylic acids is 1. The van der Waals surface area contributed by atoms with Gasteiger partial charge in [-0.2, -0.15) is 0 Å². The maximum absolute atomic E-state index is 13.6. The molecule has 2 aromatic rings. The minimum atomic E-state index is -0.246. The summed E-state index contributed by atoms with van der Waals surface area (Å²) >= 11 is 6.19. The Bertz CT molecular complexity index is 695. The second-order valence-corrected chi connectivity index (χ2v) is 6.30. The number of carbonyl (C=O) groups is 1. The Morgan fingerprint density at radius 2 is 1.96 bits per heavy atom. The molecule has 0 saturated carbocycles. The van der Waals surface area contributed by atoms with E-state index in [0.29, 0.717) is 22.8 Å². The molecular formula is C18H21ClFN2O+. The summed E-state index contributed by atoms with van der Waals surface area (Å²) in [7, 11) is 1.86. The minimum absolute atomic E-state index is 0.146. The molecule has 0 aliphatic rings. The van der Waals surface area contributed by atoms with Crippen LogP contribution in [0, 0.1) is 19.7 Å². The Hall–Kier alpha value is -1.91. The second kappa shape index (κ2) is 7.57. The standard InChI is InChI=1S/C18H20ClFN2O/c1-12-8-13(2)18(15(19)9-12)21-17(23)11-22(3)10-14-6-4-5-7-16(14)20/h4-9H,10-11H2,1-3H3,(H,21,23)/p+1. The molecule has 0 fully saturated rings. The third kappa shape index (κ3) is 4.78. The number of likely N-dealkylation sites (N-methyl/N-ethyl adjacent to an activating group) is 1.